The third-order valence-corrected chi connectivity index (χ3v) is 3.91. The maximum Gasteiger partial charge on any atom is 0.243 e. The second kappa shape index (κ2) is 6.55. The number of aromatic amines is 1. The summed E-state index contributed by atoms with van der Waals surface area (Å²) in [5.74, 6) is 1.76. The van der Waals surface area contributed by atoms with Gasteiger partial charge >= 0.3 is 0 Å². The van der Waals surface area contributed by atoms with Gasteiger partial charge in [0.15, 0.2) is 5.82 Å². The Kier molecular flexibility index (Phi) is 4.32. The third-order valence-electron chi connectivity index (χ3n) is 2.91. The highest BCUT2D eigenvalue weighted by Crippen LogP contribution is 2.21. The van der Waals surface area contributed by atoms with Crippen LogP contribution in [0.1, 0.15) is 23.5 Å². The molecule has 3 rings (SSSR count). The van der Waals surface area contributed by atoms with Crippen LogP contribution in [0.15, 0.2) is 52.3 Å². The van der Waals surface area contributed by atoms with Crippen LogP contribution in [0.3, 0.4) is 0 Å². The minimum atomic E-state index is -0.326. The van der Waals surface area contributed by atoms with E-state index in [9.17, 15) is 0 Å². The van der Waals surface area contributed by atoms with Crippen LogP contribution >= 0.6 is 11.8 Å². The number of H-pyrrole nitrogens is 1. The van der Waals surface area contributed by atoms with Crippen molar-refractivity contribution >= 4 is 11.8 Å². The molecule has 0 fully saturated rings. The number of nitrogens with one attached hydrogen (secondary N) is 1. The van der Waals surface area contributed by atoms with Crippen molar-refractivity contribution in [2.45, 2.75) is 23.1 Å². The van der Waals surface area contributed by atoms with Gasteiger partial charge in [-0.05, 0) is 12.1 Å². The van der Waals surface area contributed by atoms with Crippen LogP contribution in [-0.2, 0) is 12.2 Å². The number of imidazole rings is 1. The second-order valence-corrected chi connectivity index (χ2v) is 5.59. The van der Waals surface area contributed by atoms with Crippen LogP contribution in [0.4, 0.5) is 0 Å². The number of aromatic nitrogens is 4. The molecule has 0 aliphatic heterocycles. The summed E-state index contributed by atoms with van der Waals surface area (Å²) >= 11 is 1.66. The molecule has 0 bridgehead atoms. The van der Waals surface area contributed by atoms with Crippen molar-refractivity contribution in [2.75, 3.05) is 0 Å². The molecule has 0 spiro atoms. The van der Waals surface area contributed by atoms with Gasteiger partial charge in [-0.3, -0.25) is 0 Å². The third kappa shape index (κ3) is 3.71. The fourth-order valence-corrected chi connectivity index (χ4v) is 2.62. The molecule has 0 amide bonds. The first kappa shape index (κ1) is 13.8. The molecule has 2 heterocycles. The summed E-state index contributed by atoms with van der Waals surface area (Å²) in [6.07, 6.45) is 3.95. The molecule has 0 saturated carbocycles. The van der Waals surface area contributed by atoms with E-state index in [0.717, 1.165) is 5.69 Å². The van der Waals surface area contributed by atoms with E-state index >= 15 is 0 Å². The van der Waals surface area contributed by atoms with Gasteiger partial charge in [0.2, 0.25) is 5.89 Å². The number of hydrogen-bond donors (Lipinski definition) is 2. The molecule has 1 atom stereocenters. The molecule has 7 heteroatoms. The predicted molar refractivity (Wildman–Crippen MR) is 79.5 cm³/mol. The molecular weight excluding hydrogens is 286 g/mol. The Labute approximate surface area is 126 Å². The van der Waals surface area contributed by atoms with Gasteiger partial charge in [-0.1, -0.05) is 23.4 Å². The predicted octanol–water partition coefficient (Wildman–Crippen LogP) is 2.33. The normalized spacial score (nSPS) is 12.4. The van der Waals surface area contributed by atoms with Crippen molar-refractivity contribution in [1.29, 1.82) is 0 Å². The lowest BCUT2D eigenvalue weighted by Gasteiger charge is -2.03. The molecule has 3 N–H and O–H groups in total. The Balaban J connectivity index is 1.58. The maximum absolute atomic E-state index is 6.06. The number of nitrogens with zero attached hydrogens (tertiary/aromatic N) is 3. The number of rotatable bonds is 6. The molecule has 0 aliphatic rings. The minimum Gasteiger partial charge on any atom is -0.348 e. The van der Waals surface area contributed by atoms with Crippen LogP contribution in [-0.4, -0.2) is 20.1 Å². The molecule has 1 aromatic carbocycles. The van der Waals surface area contributed by atoms with Gasteiger partial charge in [0.25, 0.3) is 0 Å². The average Bonchev–Trinajstić information content (AvgIpc) is 3.17. The zero-order chi connectivity index (χ0) is 14.5. The molecule has 21 heavy (non-hydrogen) atoms. The largest absolute Gasteiger partial charge is 0.348 e. The Morgan fingerprint density at radius 1 is 1.29 bits per heavy atom. The zero-order valence-electron chi connectivity index (χ0n) is 11.3. The zero-order valence-corrected chi connectivity index (χ0v) is 12.1. The highest BCUT2D eigenvalue weighted by Gasteiger charge is 2.16. The lowest BCUT2D eigenvalue weighted by Crippen LogP contribution is -2.14. The molecule has 3 aromatic rings. The fourth-order valence-electron chi connectivity index (χ4n) is 1.86. The summed E-state index contributed by atoms with van der Waals surface area (Å²) < 4.78 is 5.23. The summed E-state index contributed by atoms with van der Waals surface area (Å²) in [6, 6.07) is 9.78. The van der Waals surface area contributed by atoms with Crippen molar-refractivity contribution in [3.63, 3.8) is 0 Å². The maximum atomic E-state index is 6.06. The van der Waals surface area contributed by atoms with Gasteiger partial charge in [0.05, 0.1) is 18.1 Å². The van der Waals surface area contributed by atoms with Gasteiger partial charge in [0.1, 0.15) is 0 Å². The first-order chi connectivity index (χ1) is 10.3. The number of nitrogens with two attached hydrogens (primary N) is 1. The summed E-state index contributed by atoms with van der Waals surface area (Å²) in [4.78, 5) is 12.5. The first-order valence-corrected chi connectivity index (χ1v) is 7.53. The Hall–Kier alpha value is -2.12. The highest BCUT2D eigenvalue weighted by molar-refractivity contribution is 7.98. The quantitative estimate of drug-likeness (QED) is 0.679. The Morgan fingerprint density at radius 2 is 2.14 bits per heavy atom. The van der Waals surface area contributed by atoms with Gasteiger partial charge in [-0.15, -0.1) is 11.8 Å². The first-order valence-electron chi connectivity index (χ1n) is 6.54. The molecule has 1 unspecified atom stereocenters. The van der Waals surface area contributed by atoms with Crippen LogP contribution in [0.2, 0.25) is 0 Å². The van der Waals surface area contributed by atoms with E-state index in [1.165, 1.54) is 4.90 Å². The molecule has 0 aliphatic carbocycles. The molecule has 6 nitrogen and oxygen atoms in total. The van der Waals surface area contributed by atoms with E-state index in [1.807, 2.05) is 18.2 Å². The van der Waals surface area contributed by atoms with Crippen LogP contribution in [0, 0.1) is 0 Å². The van der Waals surface area contributed by atoms with Gasteiger partial charge < -0.3 is 15.2 Å². The fraction of sp³-hybridized carbons (Fsp3) is 0.214. The average molecular weight is 301 g/mol. The van der Waals surface area contributed by atoms with Crippen molar-refractivity contribution in [1.82, 2.24) is 20.1 Å². The van der Waals surface area contributed by atoms with Crippen molar-refractivity contribution in [2.24, 2.45) is 5.73 Å². The summed E-state index contributed by atoms with van der Waals surface area (Å²) in [6.45, 7) is 0. The molecule has 0 saturated heterocycles. The van der Waals surface area contributed by atoms with Crippen LogP contribution in [0.25, 0.3) is 0 Å². The number of hydrogen-bond acceptors (Lipinski definition) is 6. The second-order valence-electron chi connectivity index (χ2n) is 4.54. The van der Waals surface area contributed by atoms with E-state index in [1.54, 1.807) is 24.3 Å². The Morgan fingerprint density at radius 3 is 2.90 bits per heavy atom. The van der Waals surface area contributed by atoms with E-state index in [0.29, 0.717) is 23.9 Å². The van der Waals surface area contributed by atoms with Gasteiger partial charge in [-0.2, -0.15) is 4.98 Å². The van der Waals surface area contributed by atoms with Gasteiger partial charge in [-0.25, -0.2) is 4.98 Å². The number of thioether (sulfide) groups is 1. The summed E-state index contributed by atoms with van der Waals surface area (Å²) in [7, 11) is 0. The lowest BCUT2D eigenvalue weighted by atomic mass is 10.2. The Bertz CT molecular complexity index is 668. The highest BCUT2D eigenvalue weighted by atomic mass is 32.2. The molecule has 108 valence electrons. The minimum absolute atomic E-state index is 0.326. The van der Waals surface area contributed by atoms with E-state index in [2.05, 4.69) is 32.2 Å². The van der Waals surface area contributed by atoms with Crippen molar-refractivity contribution in [3.8, 4) is 0 Å². The topological polar surface area (TPSA) is 93.6 Å². The van der Waals surface area contributed by atoms with Crippen molar-refractivity contribution < 1.29 is 4.52 Å². The number of benzene rings is 1. The molecular formula is C14H15N5OS. The molecule has 0 radical (unpaired) electrons. The SMILES string of the molecule is NC(Cc1cnc[nH]1)c1nc(CSc2ccccc2)no1. The monoisotopic (exact) mass is 301 g/mol. The van der Waals surface area contributed by atoms with E-state index < -0.39 is 0 Å². The summed E-state index contributed by atoms with van der Waals surface area (Å²) in [5, 5.41) is 3.97. The van der Waals surface area contributed by atoms with E-state index in [-0.39, 0.29) is 6.04 Å². The van der Waals surface area contributed by atoms with Gasteiger partial charge in [0, 0.05) is 23.2 Å². The van der Waals surface area contributed by atoms with Crippen molar-refractivity contribution in [3.05, 3.63) is 60.3 Å². The van der Waals surface area contributed by atoms with Crippen LogP contribution in [0.5, 0.6) is 0 Å². The smallest absolute Gasteiger partial charge is 0.243 e. The molecule has 2 aromatic heterocycles. The lowest BCUT2D eigenvalue weighted by molar-refractivity contribution is 0.350. The summed E-state index contributed by atoms with van der Waals surface area (Å²) in [5.41, 5.74) is 7.00. The van der Waals surface area contributed by atoms with Crippen LogP contribution < -0.4 is 5.73 Å². The van der Waals surface area contributed by atoms with E-state index in [4.69, 9.17) is 10.3 Å². The standard InChI is InChI=1S/C14H15N5OS/c15-12(6-10-7-16-9-17-10)14-18-13(19-20-14)8-21-11-4-2-1-3-5-11/h1-5,7,9,12H,6,8,15H2,(H,16,17).